The molecule has 2 aromatic carbocycles. The fourth-order valence-electron chi connectivity index (χ4n) is 5.00. The average Bonchev–Trinajstić information content (AvgIpc) is 3.42. The monoisotopic (exact) mass is 542 g/mol. The van der Waals surface area contributed by atoms with Crippen molar-refractivity contribution in [3.63, 3.8) is 0 Å². The molecule has 1 fully saturated rings. The number of nitrogens with one attached hydrogen (secondary N) is 1. The van der Waals surface area contributed by atoms with E-state index in [0.29, 0.717) is 18.6 Å². The number of carbonyl (C=O) groups is 2. The van der Waals surface area contributed by atoms with Crippen LogP contribution in [0.1, 0.15) is 75.2 Å². The molecule has 0 saturated heterocycles. The van der Waals surface area contributed by atoms with Crippen molar-refractivity contribution in [2.24, 2.45) is 5.92 Å². The molecular weight excluding hydrogens is 504 g/mol. The van der Waals surface area contributed by atoms with Crippen molar-refractivity contribution in [1.82, 2.24) is 10.3 Å². The van der Waals surface area contributed by atoms with Gasteiger partial charge in [-0.05, 0) is 74.4 Å². The number of thiazole rings is 1. The van der Waals surface area contributed by atoms with Crippen molar-refractivity contribution < 1.29 is 14.3 Å². The molecule has 0 bridgehead atoms. The summed E-state index contributed by atoms with van der Waals surface area (Å²) in [6.45, 7) is 5.84. The minimum Gasteiger partial charge on any atom is -0.463 e. The molecule has 0 unspecified atom stereocenters. The molecule has 0 spiro atoms. The van der Waals surface area contributed by atoms with Crippen molar-refractivity contribution in [3.05, 3.63) is 93.5 Å². The second kappa shape index (κ2) is 14.0. The summed E-state index contributed by atoms with van der Waals surface area (Å²) in [5, 5.41) is 6.23. The summed E-state index contributed by atoms with van der Waals surface area (Å²) in [5.74, 6) is -0.0932. The van der Waals surface area contributed by atoms with E-state index in [4.69, 9.17) is 9.72 Å². The lowest BCUT2D eigenvalue weighted by Gasteiger charge is -2.24. The molecule has 4 rings (SSSR count). The van der Waals surface area contributed by atoms with Gasteiger partial charge in [0.05, 0.1) is 18.3 Å². The molecule has 39 heavy (non-hydrogen) atoms. The third-order valence-corrected chi connectivity index (χ3v) is 8.02. The van der Waals surface area contributed by atoms with E-state index in [0.717, 1.165) is 47.5 Å². The first-order valence-electron chi connectivity index (χ1n) is 13.9. The van der Waals surface area contributed by atoms with Gasteiger partial charge in [-0.3, -0.25) is 4.79 Å². The number of benzene rings is 2. The fourth-order valence-corrected chi connectivity index (χ4v) is 5.83. The first-order chi connectivity index (χ1) is 18.9. The fraction of sp³-hybridized carbons (Fsp3) is 0.364. The standard InChI is InChI=1S/C33H38N2O3S/c1-4-38-33(37)24(3)19-23(2)20-29-22-39-32(34-29)30(35-31(36)28-13-9-6-10-14-28)21-25-15-17-27(18-16-25)26-11-7-5-8-12-26/h5,7-8,11-12,15-20,22,28,30H,4,6,9-10,13-14,21H2,1-3H3,(H,35,36)/t30-/m0/s1. The van der Waals surface area contributed by atoms with E-state index >= 15 is 0 Å². The lowest BCUT2D eigenvalue weighted by Crippen LogP contribution is -2.35. The lowest BCUT2D eigenvalue weighted by molar-refractivity contribution is -0.138. The van der Waals surface area contributed by atoms with E-state index < -0.39 is 0 Å². The largest absolute Gasteiger partial charge is 0.463 e. The van der Waals surface area contributed by atoms with Gasteiger partial charge in [0.2, 0.25) is 5.91 Å². The summed E-state index contributed by atoms with van der Waals surface area (Å²) in [5.41, 5.74) is 5.79. The highest BCUT2D eigenvalue weighted by atomic mass is 32.1. The minimum atomic E-state index is -0.312. The molecular formula is C33H38N2O3S. The normalized spacial score (nSPS) is 15.6. The zero-order chi connectivity index (χ0) is 27.6. The average molecular weight is 543 g/mol. The van der Waals surface area contributed by atoms with Gasteiger partial charge in [-0.25, -0.2) is 9.78 Å². The molecule has 0 radical (unpaired) electrons. The number of esters is 1. The Morgan fingerprint density at radius 3 is 2.41 bits per heavy atom. The van der Waals surface area contributed by atoms with Crippen molar-refractivity contribution >= 4 is 29.3 Å². The number of amides is 1. The third-order valence-electron chi connectivity index (χ3n) is 7.05. The summed E-state index contributed by atoms with van der Waals surface area (Å²) < 4.78 is 5.08. The SMILES string of the molecule is CCOC(=O)C(C)=CC(C)=Cc1csc([C@H](Cc2ccc(-c3ccccc3)cc2)NC(=O)C2CCCCC2)n1. The Labute approximate surface area is 236 Å². The number of carbonyl (C=O) groups excluding carboxylic acids is 2. The maximum Gasteiger partial charge on any atom is 0.333 e. The molecule has 5 nitrogen and oxygen atoms in total. The Hall–Kier alpha value is -3.51. The van der Waals surface area contributed by atoms with Gasteiger partial charge in [-0.2, -0.15) is 0 Å². The molecule has 1 amide bonds. The van der Waals surface area contributed by atoms with Crippen LogP contribution < -0.4 is 5.32 Å². The number of aromatic nitrogens is 1. The number of ether oxygens (including phenoxy) is 1. The van der Waals surface area contributed by atoms with Crippen molar-refractivity contribution in [2.45, 2.75) is 65.3 Å². The molecule has 1 heterocycles. The van der Waals surface area contributed by atoms with Crippen LogP contribution in [0.25, 0.3) is 17.2 Å². The van der Waals surface area contributed by atoms with Crippen molar-refractivity contribution in [2.75, 3.05) is 6.61 Å². The number of rotatable bonds is 10. The number of hydrogen-bond acceptors (Lipinski definition) is 5. The molecule has 1 N–H and O–H groups in total. The van der Waals surface area contributed by atoms with Crippen LogP contribution in [0.3, 0.4) is 0 Å². The van der Waals surface area contributed by atoms with Crippen LogP contribution in [0.4, 0.5) is 0 Å². The first kappa shape index (κ1) is 28.5. The van der Waals surface area contributed by atoms with E-state index in [2.05, 4.69) is 41.7 Å². The van der Waals surface area contributed by atoms with Gasteiger partial charge in [0, 0.05) is 16.9 Å². The van der Waals surface area contributed by atoms with Gasteiger partial charge < -0.3 is 10.1 Å². The van der Waals surface area contributed by atoms with E-state index in [1.54, 1.807) is 25.2 Å². The molecule has 1 aromatic heterocycles. The van der Waals surface area contributed by atoms with E-state index in [9.17, 15) is 9.59 Å². The van der Waals surface area contributed by atoms with Crippen LogP contribution in [-0.2, 0) is 20.7 Å². The van der Waals surface area contributed by atoms with E-state index in [1.165, 1.54) is 17.5 Å². The Bertz CT molecular complexity index is 1300. The zero-order valence-electron chi connectivity index (χ0n) is 23.1. The van der Waals surface area contributed by atoms with Gasteiger partial charge in [-0.15, -0.1) is 11.3 Å². The molecule has 0 aliphatic heterocycles. The smallest absolute Gasteiger partial charge is 0.333 e. The minimum absolute atomic E-state index is 0.0827. The van der Waals surface area contributed by atoms with E-state index in [1.807, 2.05) is 42.7 Å². The van der Waals surface area contributed by atoms with E-state index in [-0.39, 0.29) is 23.8 Å². The molecule has 6 heteroatoms. The van der Waals surface area contributed by atoms with Gasteiger partial charge in [-0.1, -0.05) is 73.9 Å². The highest BCUT2D eigenvalue weighted by molar-refractivity contribution is 7.09. The van der Waals surface area contributed by atoms with Crippen molar-refractivity contribution in [1.29, 1.82) is 0 Å². The summed E-state index contributed by atoms with van der Waals surface area (Å²) in [6.07, 6.45) is 9.81. The Balaban J connectivity index is 1.53. The third kappa shape index (κ3) is 8.24. The summed E-state index contributed by atoms with van der Waals surface area (Å²) in [6, 6.07) is 18.7. The maximum absolute atomic E-state index is 13.2. The van der Waals surface area contributed by atoms with Crippen molar-refractivity contribution in [3.8, 4) is 11.1 Å². The molecule has 1 aliphatic carbocycles. The predicted molar refractivity (Wildman–Crippen MR) is 159 cm³/mol. The van der Waals surface area contributed by atoms with Gasteiger partial charge >= 0.3 is 5.97 Å². The number of allylic oxidation sites excluding steroid dienone is 2. The van der Waals surface area contributed by atoms with Crippen LogP contribution in [0.15, 0.2) is 77.2 Å². The Morgan fingerprint density at radius 1 is 1.03 bits per heavy atom. The van der Waals surface area contributed by atoms with Gasteiger partial charge in [0.15, 0.2) is 0 Å². The topological polar surface area (TPSA) is 68.3 Å². The molecule has 1 aliphatic rings. The summed E-state index contributed by atoms with van der Waals surface area (Å²) >= 11 is 1.56. The highest BCUT2D eigenvalue weighted by Gasteiger charge is 2.25. The maximum atomic E-state index is 13.2. The Morgan fingerprint density at radius 2 is 1.72 bits per heavy atom. The lowest BCUT2D eigenvalue weighted by atomic mass is 9.88. The molecule has 1 atom stereocenters. The second-order valence-electron chi connectivity index (χ2n) is 10.2. The van der Waals surface area contributed by atoms with Gasteiger partial charge in [0.25, 0.3) is 0 Å². The Kier molecular flexibility index (Phi) is 10.3. The number of hydrogen-bond donors (Lipinski definition) is 1. The van der Waals surface area contributed by atoms with Crippen LogP contribution in [0, 0.1) is 5.92 Å². The quantitative estimate of drug-likeness (QED) is 0.162. The van der Waals surface area contributed by atoms with Gasteiger partial charge in [0.1, 0.15) is 5.01 Å². The summed E-state index contributed by atoms with van der Waals surface area (Å²) in [7, 11) is 0. The zero-order valence-corrected chi connectivity index (χ0v) is 23.9. The van der Waals surface area contributed by atoms with Crippen LogP contribution in [0.5, 0.6) is 0 Å². The first-order valence-corrected chi connectivity index (χ1v) is 14.7. The predicted octanol–water partition coefficient (Wildman–Crippen LogP) is 7.70. The molecule has 204 valence electrons. The van der Waals surface area contributed by atoms with Crippen LogP contribution >= 0.6 is 11.3 Å². The number of nitrogens with zero attached hydrogens (tertiary/aromatic N) is 1. The summed E-state index contributed by atoms with van der Waals surface area (Å²) in [4.78, 5) is 30.1. The molecule has 1 saturated carbocycles. The van der Waals surface area contributed by atoms with Crippen LogP contribution in [-0.4, -0.2) is 23.5 Å². The second-order valence-corrected chi connectivity index (χ2v) is 11.1. The van der Waals surface area contributed by atoms with Crippen LogP contribution in [0.2, 0.25) is 0 Å². The highest BCUT2D eigenvalue weighted by Crippen LogP contribution is 2.28. The molecule has 3 aromatic rings.